The third-order valence-corrected chi connectivity index (χ3v) is 3.69. The fourth-order valence-corrected chi connectivity index (χ4v) is 2.67. The van der Waals surface area contributed by atoms with Crippen molar-refractivity contribution in [1.82, 2.24) is 0 Å². The molecule has 0 heterocycles. The molecule has 2 rings (SSSR count). The first-order chi connectivity index (χ1) is 9.41. The van der Waals surface area contributed by atoms with Gasteiger partial charge in [0.25, 0.3) is 0 Å². The second kappa shape index (κ2) is 5.89. The topological polar surface area (TPSA) is 21.3 Å². The standard InChI is InChI=1S/C14H17F4NO/c1-20-13-7-6-9(8-11(13)15)19-12-5-3-2-4-10(12)14(16,17)18/h6-8,10,12,19H,2-5H2,1H3. The maximum Gasteiger partial charge on any atom is 0.393 e. The minimum absolute atomic E-state index is 0.0755. The molecule has 1 aliphatic rings. The van der Waals surface area contributed by atoms with Gasteiger partial charge in [0.05, 0.1) is 13.0 Å². The lowest BCUT2D eigenvalue weighted by Gasteiger charge is -2.34. The van der Waals surface area contributed by atoms with Gasteiger partial charge in [0.1, 0.15) is 0 Å². The molecule has 0 aromatic heterocycles. The molecular formula is C14H17F4NO. The SMILES string of the molecule is COc1ccc(NC2CCCCC2C(F)(F)F)cc1F. The summed E-state index contributed by atoms with van der Waals surface area (Å²) in [5, 5.41) is 2.81. The lowest BCUT2D eigenvalue weighted by molar-refractivity contribution is -0.184. The molecule has 0 radical (unpaired) electrons. The van der Waals surface area contributed by atoms with Crippen LogP contribution in [-0.4, -0.2) is 19.3 Å². The Morgan fingerprint density at radius 2 is 1.90 bits per heavy atom. The monoisotopic (exact) mass is 291 g/mol. The molecule has 1 fully saturated rings. The summed E-state index contributed by atoms with van der Waals surface area (Å²) >= 11 is 0. The van der Waals surface area contributed by atoms with Crippen LogP contribution in [0.5, 0.6) is 5.75 Å². The van der Waals surface area contributed by atoms with Gasteiger partial charge < -0.3 is 10.1 Å². The molecule has 1 aliphatic carbocycles. The van der Waals surface area contributed by atoms with Crippen molar-refractivity contribution in [2.24, 2.45) is 5.92 Å². The largest absolute Gasteiger partial charge is 0.494 e. The van der Waals surface area contributed by atoms with E-state index in [-0.39, 0.29) is 12.2 Å². The van der Waals surface area contributed by atoms with Gasteiger partial charge in [-0.15, -0.1) is 0 Å². The Hall–Kier alpha value is -1.46. The van der Waals surface area contributed by atoms with Crippen molar-refractivity contribution in [2.75, 3.05) is 12.4 Å². The number of alkyl halides is 3. The van der Waals surface area contributed by atoms with Crippen LogP contribution in [0.1, 0.15) is 25.7 Å². The van der Waals surface area contributed by atoms with Crippen LogP contribution in [0.3, 0.4) is 0 Å². The van der Waals surface area contributed by atoms with Crippen molar-refractivity contribution < 1.29 is 22.3 Å². The van der Waals surface area contributed by atoms with Crippen LogP contribution in [0.25, 0.3) is 0 Å². The molecule has 0 amide bonds. The van der Waals surface area contributed by atoms with Gasteiger partial charge in [0.15, 0.2) is 11.6 Å². The average molecular weight is 291 g/mol. The Balaban J connectivity index is 2.12. The molecule has 1 N–H and O–H groups in total. The number of ether oxygens (including phenoxy) is 1. The lowest BCUT2D eigenvalue weighted by Crippen LogP contribution is -2.41. The predicted octanol–water partition coefficient (Wildman–Crippen LogP) is 4.37. The highest BCUT2D eigenvalue weighted by Gasteiger charge is 2.45. The number of nitrogens with one attached hydrogen (secondary N) is 1. The Kier molecular flexibility index (Phi) is 4.40. The minimum Gasteiger partial charge on any atom is -0.494 e. The summed E-state index contributed by atoms with van der Waals surface area (Å²) in [4.78, 5) is 0. The normalized spacial score (nSPS) is 23.4. The van der Waals surface area contributed by atoms with Crippen LogP contribution < -0.4 is 10.1 Å². The number of hydrogen-bond acceptors (Lipinski definition) is 2. The number of hydrogen-bond donors (Lipinski definition) is 1. The third kappa shape index (κ3) is 3.35. The van der Waals surface area contributed by atoms with E-state index >= 15 is 0 Å². The fourth-order valence-electron chi connectivity index (χ4n) is 2.67. The fraction of sp³-hybridized carbons (Fsp3) is 0.571. The zero-order chi connectivity index (χ0) is 14.8. The van der Waals surface area contributed by atoms with E-state index in [1.807, 2.05) is 0 Å². The van der Waals surface area contributed by atoms with Crippen molar-refractivity contribution in [2.45, 2.75) is 37.9 Å². The van der Waals surface area contributed by atoms with E-state index < -0.39 is 24.0 Å². The van der Waals surface area contributed by atoms with Crippen LogP contribution in [-0.2, 0) is 0 Å². The van der Waals surface area contributed by atoms with Crippen LogP contribution in [0.15, 0.2) is 18.2 Å². The molecule has 20 heavy (non-hydrogen) atoms. The van der Waals surface area contributed by atoms with Gasteiger partial charge in [-0.25, -0.2) is 4.39 Å². The summed E-state index contributed by atoms with van der Waals surface area (Å²) in [6.07, 6.45) is -2.32. The van der Waals surface area contributed by atoms with E-state index in [0.29, 0.717) is 18.5 Å². The summed E-state index contributed by atoms with van der Waals surface area (Å²) in [6, 6.07) is 3.41. The zero-order valence-electron chi connectivity index (χ0n) is 11.1. The van der Waals surface area contributed by atoms with E-state index in [4.69, 9.17) is 4.74 Å². The van der Waals surface area contributed by atoms with Gasteiger partial charge in [0, 0.05) is 17.8 Å². The second-order valence-corrected chi connectivity index (χ2v) is 5.03. The molecule has 2 atom stereocenters. The first kappa shape index (κ1) is 14.9. The highest BCUT2D eigenvalue weighted by atomic mass is 19.4. The van der Waals surface area contributed by atoms with Gasteiger partial charge >= 0.3 is 6.18 Å². The van der Waals surface area contributed by atoms with Gasteiger partial charge in [-0.1, -0.05) is 12.8 Å². The summed E-state index contributed by atoms with van der Waals surface area (Å²) in [6.45, 7) is 0. The molecule has 0 aliphatic heterocycles. The van der Waals surface area contributed by atoms with Crippen molar-refractivity contribution >= 4 is 5.69 Å². The Bertz CT molecular complexity index is 461. The van der Waals surface area contributed by atoms with Gasteiger partial charge in [-0.2, -0.15) is 13.2 Å². The number of methoxy groups -OCH3 is 1. The maximum atomic E-state index is 13.5. The summed E-state index contributed by atoms with van der Waals surface area (Å²) < 4.78 is 57.2. The average Bonchev–Trinajstić information content (AvgIpc) is 2.38. The summed E-state index contributed by atoms with van der Waals surface area (Å²) in [7, 11) is 1.34. The van der Waals surface area contributed by atoms with Crippen molar-refractivity contribution in [3.8, 4) is 5.75 Å². The van der Waals surface area contributed by atoms with Gasteiger partial charge in [-0.05, 0) is 25.0 Å². The zero-order valence-corrected chi connectivity index (χ0v) is 11.1. The van der Waals surface area contributed by atoms with Crippen LogP contribution >= 0.6 is 0 Å². The predicted molar refractivity (Wildman–Crippen MR) is 68.4 cm³/mol. The van der Waals surface area contributed by atoms with Crippen molar-refractivity contribution in [1.29, 1.82) is 0 Å². The Morgan fingerprint density at radius 3 is 2.50 bits per heavy atom. The second-order valence-electron chi connectivity index (χ2n) is 5.03. The number of benzene rings is 1. The smallest absolute Gasteiger partial charge is 0.393 e. The highest BCUT2D eigenvalue weighted by molar-refractivity contribution is 5.48. The molecule has 1 saturated carbocycles. The first-order valence-corrected chi connectivity index (χ1v) is 6.58. The molecule has 112 valence electrons. The number of halogens is 4. The Labute approximate surface area is 115 Å². The molecule has 2 nitrogen and oxygen atoms in total. The third-order valence-electron chi connectivity index (χ3n) is 3.69. The molecule has 1 aromatic rings. The van der Waals surface area contributed by atoms with Crippen molar-refractivity contribution in [3.63, 3.8) is 0 Å². The summed E-state index contributed by atoms with van der Waals surface area (Å²) in [5.74, 6) is -1.88. The van der Waals surface area contributed by atoms with E-state index in [2.05, 4.69) is 5.32 Å². The molecule has 1 aromatic carbocycles. The lowest BCUT2D eigenvalue weighted by atomic mass is 9.84. The molecule has 2 unspecified atom stereocenters. The first-order valence-electron chi connectivity index (χ1n) is 6.58. The van der Waals surface area contributed by atoms with Crippen LogP contribution in [0.2, 0.25) is 0 Å². The summed E-state index contributed by atoms with van der Waals surface area (Å²) in [5.41, 5.74) is 0.351. The molecule has 0 spiro atoms. The number of rotatable bonds is 3. The van der Waals surface area contributed by atoms with E-state index in [0.717, 1.165) is 6.42 Å². The maximum absolute atomic E-state index is 13.5. The molecule has 0 bridgehead atoms. The molecule has 6 heteroatoms. The van der Waals surface area contributed by atoms with Gasteiger partial charge in [0.2, 0.25) is 0 Å². The van der Waals surface area contributed by atoms with E-state index in [1.54, 1.807) is 0 Å². The molecular weight excluding hydrogens is 274 g/mol. The highest BCUT2D eigenvalue weighted by Crippen LogP contribution is 2.39. The van der Waals surface area contributed by atoms with Crippen LogP contribution in [0, 0.1) is 11.7 Å². The quantitative estimate of drug-likeness (QED) is 0.835. The molecule has 0 saturated heterocycles. The van der Waals surface area contributed by atoms with E-state index in [9.17, 15) is 17.6 Å². The van der Waals surface area contributed by atoms with E-state index in [1.165, 1.54) is 25.3 Å². The van der Waals surface area contributed by atoms with Crippen molar-refractivity contribution in [3.05, 3.63) is 24.0 Å². The number of anilines is 1. The van der Waals surface area contributed by atoms with Crippen LogP contribution in [0.4, 0.5) is 23.2 Å². The van der Waals surface area contributed by atoms with Gasteiger partial charge in [-0.3, -0.25) is 0 Å². The minimum atomic E-state index is -4.22. The Morgan fingerprint density at radius 1 is 1.20 bits per heavy atom.